The fourth-order valence-electron chi connectivity index (χ4n) is 3.93. The number of thioether (sulfide) groups is 1. The van der Waals surface area contributed by atoms with Crippen molar-refractivity contribution in [1.29, 1.82) is 0 Å². The first-order valence-electron chi connectivity index (χ1n) is 11.1. The number of amides is 1. The number of ether oxygens (including phenoxy) is 2. The van der Waals surface area contributed by atoms with E-state index in [1.165, 1.54) is 24.9 Å². The number of carbonyl (C=O) groups excluding carboxylic acids is 1. The van der Waals surface area contributed by atoms with Gasteiger partial charge in [-0.15, -0.1) is 0 Å². The van der Waals surface area contributed by atoms with Crippen LogP contribution in [0.25, 0.3) is 0 Å². The van der Waals surface area contributed by atoms with Crippen molar-refractivity contribution in [1.82, 2.24) is 0 Å². The Bertz CT molecular complexity index is 1110. The summed E-state index contributed by atoms with van der Waals surface area (Å²) in [6.07, 6.45) is 0.469. The molecule has 2 aromatic carbocycles. The Balaban J connectivity index is 1.58. The quantitative estimate of drug-likeness (QED) is 0.297. The van der Waals surface area contributed by atoms with Gasteiger partial charge in [-0.05, 0) is 29.3 Å². The van der Waals surface area contributed by atoms with Crippen molar-refractivity contribution in [3.05, 3.63) is 94.8 Å². The summed E-state index contributed by atoms with van der Waals surface area (Å²) in [6.45, 7) is 3.54. The molecular weight excluding hydrogens is 452 g/mol. The number of aliphatic hydroxyl groups excluding tert-OH is 1. The highest BCUT2D eigenvalue weighted by atomic mass is 32.2. The third kappa shape index (κ3) is 5.77. The molecule has 1 aliphatic rings. The van der Waals surface area contributed by atoms with E-state index in [2.05, 4.69) is 12.2 Å². The average Bonchev–Trinajstić information content (AvgIpc) is 2.84. The van der Waals surface area contributed by atoms with Gasteiger partial charge in [0.1, 0.15) is 0 Å². The van der Waals surface area contributed by atoms with Gasteiger partial charge in [-0.2, -0.15) is 4.73 Å². The molecule has 1 aromatic heterocycles. The van der Waals surface area contributed by atoms with Crippen molar-refractivity contribution in [3.63, 3.8) is 0 Å². The van der Waals surface area contributed by atoms with Gasteiger partial charge in [-0.1, -0.05) is 55.1 Å². The van der Waals surface area contributed by atoms with Crippen LogP contribution in [0.1, 0.15) is 42.9 Å². The summed E-state index contributed by atoms with van der Waals surface area (Å²) in [4.78, 5) is 11.3. The molecule has 1 saturated heterocycles. The van der Waals surface area contributed by atoms with Crippen LogP contribution >= 0.6 is 11.8 Å². The third-order valence-electron chi connectivity index (χ3n) is 5.81. The molecule has 0 spiro atoms. The fraction of sp³-hybridized carbons (Fsp3) is 0.308. The average molecular weight is 481 g/mol. The molecule has 1 fully saturated rings. The summed E-state index contributed by atoms with van der Waals surface area (Å²) in [5, 5.41) is 24.9. The van der Waals surface area contributed by atoms with Gasteiger partial charge >= 0.3 is 0 Å². The maximum absolute atomic E-state index is 12.1. The normalized spacial score (nSPS) is 22.3. The zero-order chi connectivity index (χ0) is 24.1. The first-order chi connectivity index (χ1) is 16.4. The van der Waals surface area contributed by atoms with E-state index < -0.39 is 6.29 Å². The molecule has 0 aliphatic carbocycles. The molecule has 1 aliphatic heterocycles. The predicted octanol–water partition coefficient (Wildman–Crippen LogP) is 4.35. The largest absolute Gasteiger partial charge is 0.618 e. The summed E-state index contributed by atoms with van der Waals surface area (Å²) in [6, 6.07) is 20.5. The Hall–Kier alpha value is -2.91. The third-order valence-corrected chi connectivity index (χ3v) is 6.92. The number of carbonyl (C=O) groups is 1. The Labute approximate surface area is 203 Å². The zero-order valence-corrected chi connectivity index (χ0v) is 19.9. The first-order valence-corrected chi connectivity index (χ1v) is 12.1. The van der Waals surface area contributed by atoms with Gasteiger partial charge in [0.25, 0.3) is 5.03 Å². The number of rotatable bonds is 7. The molecule has 4 atom stereocenters. The fourth-order valence-corrected chi connectivity index (χ4v) is 5.01. The summed E-state index contributed by atoms with van der Waals surface area (Å²) >= 11 is 1.46. The van der Waals surface area contributed by atoms with Crippen LogP contribution in [0.5, 0.6) is 0 Å². The van der Waals surface area contributed by atoms with Gasteiger partial charge < -0.3 is 25.1 Å². The molecular formula is C26H28N2O5S. The lowest BCUT2D eigenvalue weighted by Gasteiger charge is -2.41. The standard InChI is InChI=1S/C26H28N2O5S/c1-17-23(16-34-24-5-3-4-14-28(24)31)32-26(21-10-12-22(13-11-21)27-18(2)30)33-25(17)20-8-6-19(15-29)7-9-20/h3-14,17,23,25-26,29H,15-16H2,1-2H3,(H,27,30). The summed E-state index contributed by atoms with van der Waals surface area (Å²) in [5.74, 6) is 0.473. The number of hydrogen-bond donors (Lipinski definition) is 2. The van der Waals surface area contributed by atoms with E-state index in [0.29, 0.717) is 16.5 Å². The molecule has 34 heavy (non-hydrogen) atoms. The molecule has 0 saturated carbocycles. The summed E-state index contributed by atoms with van der Waals surface area (Å²) in [5.41, 5.74) is 3.38. The molecule has 1 amide bonds. The topological polar surface area (TPSA) is 94.7 Å². The van der Waals surface area contributed by atoms with Gasteiger partial charge in [0, 0.05) is 42.0 Å². The van der Waals surface area contributed by atoms with Crippen LogP contribution in [0, 0.1) is 11.1 Å². The Morgan fingerprint density at radius 3 is 2.41 bits per heavy atom. The monoisotopic (exact) mass is 480 g/mol. The Morgan fingerprint density at radius 2 is 1.76 bits per heavy atom. The minimum Gasteiger partial charge on any atom is -0.618 e. The molecule has 2 heterocycles. The number of aliphatic hydroxyl groups is 1. The number of hydrogen-bond acceptors (Lipinski definition) is 6. The lowest BCUT2D eigenvalue weighted by molar-refractivity contribution is -0.645. The van der Waals surface area contributed by atoms with E-state index in [0.717, 1.165) is 21.4 Å². The number of nitrogens with zero attached hydrogens (tertiary/aromatic N) is 1. The second-order valence-electron chi connectivity index (χ2n) is 8.30. The van der Waals surface area contributed by atoms with Crippen LogP contribution in [0.3, 0.4) is 0 Å². The van der Waals surface area contributed by atoms with E-state index in [9.17, 15) is 15.1 Å². The van der Waals surface area contributed by atoms with Crippen molar-refractivity contribution >= 4 is 23.4 Å². The highest BCUT2D eigenvalue weighted by Crippen LogP contribution is 2.42. The van der Waals surface area contributed by atoms with Crippen LogP contribution in [0.4, 0.5) is 5.69 Å². The van der Waals surface area contributed by atoms with Crippen molar-refractivity contribution in [3.8, 4) is 0 Å². The summed E-state index contributed by atoms with van der Waals surface area (Å²) in [7, 11) is 0. The van der Waals surface area contributed by atoms with Crippen molar-refractivity contribution in [2.45, 2.75) is 44.0 Å². The number of nitrogens with one attached hydrogen (secondary N) is 1. The smallest absolute Gasteiger partial charge is 0.251 e. The maximum Gasteiger partial charge on any atom is 0.251 e. The van der Waals surface area contributed by atoms with Crippen LogP contribution in [-0.2, 0) is 20.9 Å². The van der Waals surface area contributed by atoms with Gasteiger partial charge in [0.15, 0.2) is 12.5 Å². The molecule has 7 nitrogen and oxygen atoms in total. The lowest BCUT2D eigenvalue weighted by Crippen LogP contribution is -2.39. The molecule has 2 N–H and O–H groups in total. The minimum absolute atomic E-state index is 0.0146. The minimum atomic E-state index is -0.606. The Morgan fingerprint density at radius 1 is 1.06 bits per heavy atom. The molecule has 3 aromatic rings. The van der Waals surface area contributed by atoms with Gasteiger partial charge in [-0.25, -0.2) is 0 Å². The highest BCUT2D eigenvalue weighted by molar-refractivity contribution is 7.99. The molecule has 4 unspecified atom stereocenters. The molecule has 0 radical (unpaired) electrons. The van der Waals surface area contributed by atoms with E-state index in [1.54, 1.807) is 12.1 Å². The van der Waals surface area contributed by atoms with Crippen molar-refractivity contribution in [2.24, 2.45) is 5.92 Å². The second-order valence-corrected chi connectivity index (χ2v) is 9.34. The number of benzene rings is 2. The molecule has 8 heteroatoms. The van der Waals surface area contributed by atoms with E-state index in [1.807, 2.05) is 54.6 Å². The summed E-state index contributed by atoms with van der Waals surface area (Å²) < 4.78 is 13.7. The van der Waals surface area contributed by atoms with Crippen molar-refractivity contribution < 1.29 is 24.1 Å². The van der Waals surface area contributed by atoms with Gasteiger partial charge in [0.2, 0.25) is 5.91 Å². The van der Waals surface area contributed by atoms with Crippen LogP contribution in [0.15, 0.2) is 78.0 Å². The van der Waals surface area contributed by atoms with Gasteiger partial charge in [-0.3, -0.25) is 4.79 Å². The van der Waals surface area contributed by atoms with E-state index in [-0.39, 0.29) is 30.6 Å². The van der Waals surface area contributed by atoms with Crippen LogP contribution < -0.4 is 10.0 Å². The molecule has 178 valence electrons. The second kappa shape index (κ2) is 11.0. The first kappa shape index (κ1) is 24.2. The molecule has 4 rings (SSSR count). The van der Waals surface area contributed by atoms with E-state index in [4.69, 9.17) is 9.47 Å². The SMILES string of the molecule is CC(=O)Nc1ccc(C2OC(CSc3cccc[n+]3[O-])C(C)C(c3ccc(CO)cc3)O2)cc1. The van der Waals surface area contributed by atoms with E-state index >= 15 is 0 Å². The maximum atomic E-state index is 12.1. The number of aromatic nitrogens is 1. The number of pyridine rings is 1. The van der Waals surface area contributed by atoms with Crippen LogP contribution in [-0.4, -0.2) is 22.9 Å². The van der Waals surface area contributed by atoms with Crippen LogP contribution in [0.2, 0.25) is 0 Å². The highest BCUT2D eigenvalue weighted by Gasteiger charge is 2.38. The predicted molar refractivity (Wildman–Crippen MR) is 130 cm³/mol. The Kier molecular flexibility index (Phi) is 7.84. The zero-order valence-electron chi connectivity index (χ0n) is 19.1. The lowest BCUT2D eigenvalue weighted by atomic mass is 9.91. The van der Waals surface area contributed by atoms with Gasteiger partial charge in [0.05, 0.1) is 18.8 Å². The number of anilines is 1. The van der Waals surface area contributed by atoms with Crippen molar-refractivity contribution in [2.75, 3.05) is 11.1 Å². The molecule has 0 bridgehead atoms.